The van der Waals surface area contributed by atoms with Gasteiger partial charge in [-0.25, -0.2) is 9.59 Å². The Morgan fingerprint density at radius 3 is 3.00 bits per heavy atom. The molecule has 0 amide bonds. The number of fused-ring (bicyclic) bond motifs is 1. The number of rotatable bonds is 3. The molecule has 1 aromatic heterocycles. The Hall–Kier alpha value is -2.13. The van der Waals surface area contributed by atoms with Crippen molar-refractivity contribution < 1.29 is 14.3 Å². The van der Waals surface area contributed by atoms with Gasteiger partial charge in [0.05, 0.1) is 23.6 Å². The normalized spacial score (nSPS) is 17.2. The number of hydrogen-bond acceptors (Lipinski definition) is 5. The van der Waals surface area contributed by atoms with Crippen molar-refractivity contribution in [2.75, 3.05) is 11.9 Å². The number of nitrogens with zero attached hydrogens (tertiary/aromatic N) is 1. The number of ether oxygens (including phenoxy) is 1. The summed E-state index contributed by atoms with van der Waals surface area (Å²) in [5, 5.41) is 3.01. The van der Waals surface area contributed by atoms with E-state index in [1.165, 1.54) is 6.20 Å². The van der Waals surface area contributed by atoms with E-state index in [9.17, 15) is 9.59 Å². The van der Waals surface area contributed by atoms with Gasteiger partial charge in [-0.15, -0.1) is 0 Å². The molecule has 0 aromatic carbocycles. The van der Waals surface area contributed by atoms with Crippen LogP contribution in [0.3, 0.4) is 0 Å². The van der Waals surface area contributed by atoms with E-state index in [0.717, 1.165) is 12.1 Å². The number of pyridine rings is 1. The topological polar surface area (TPSA) is 68.3 Å². The Balaban J connectivity index is 2.32. The molecule has 5 heteroatoms. The van der Waals surface area contributed by atoms with Gasteiger partial charge < -0.3 is 10.1 Å². The molecule has 2 heterocycles. The summed E-state index contributed by atoms with van der Waals surface area (Å²) in [6.07, 6.45) is 3.05. The molecule has 0 bridgehead atoms. The van der Waals surface area contributed by atoms with Crippen LogP contribution < -0.4 is 5.32 Å². The number of allylic oxidation sites excluding steroid dienone is 1. The highest BCUT2D eigenvalue weighted by Gasteiger charge is 2.24. The number of hydrogen-bond donors (Lipinski definition) is 1. The van der Waals surface area contributed by atoms with Gasteiger partial charge >= 0.3 is 5.97 Å². The predicted molar refractivity (Wildman–Crippen MR) is 70.5 cm³/mol. The van der Waals surface area contributed by atoms with Crippen LogP contribution in [0, 0.1) is 5.92 Å². The standard InChI is InChI=1S/C14H16N2O3/c1-3-9-5-11-12(16-13(9)8-17)6-10(7-15-11)14(18)19-4-2/h6-7,9,16H,3-5H2,1-2H3. The zero-order chi connectivity index (χ0) is 13.8. The first-order chi connectivity index (χ1) is 9.19. The maximum Gasteiger partial charge on any atom is 0.339 e. The molecule has 1 unspecified atom stereocenters. The van der Waals surface area contributed by atoms with E-state index in [1.54, 1.807) is 13.0 Å². The fourth-order valence-electron chi connectivity index (χ4n) is 2.13. The molecule has 1 aromatic rings. The molecule has 2 rings (SSSR count). The number of carbonyl (C=O) groups excluding carboxylic acids is 2. The lowest BCUT2D eigenvalue weighted by Gasteiger charge is -2.25. The number of esters is 1. The van der Waals surface area contributed by atoms with Gasteiger partial charge in [-0.05, 0) is 19.4 Å². The quantitative estimate of drug-likeness (QED) is 0.664. The number of nitrogens with one attached hydrogen (secondary N) is 1. The zero-order valence-electron chi connectivity index (χ0n) is 11.0. The summed E-state index contributed by atoms with van der Waals surface area (Å²) in [6.45, 7) is 4.09. The van der Waals surface area contributed by atoms with Gasteiger partial charge in [0, 0.05) is 18.5 Å². The lowest BCUT2D eigenvalue weighted by molar-refractivity contribution is 0.0526. The monoisotopic (exact) mass is 260 g/mol. The molecular formula is C14H16N2O3. The van der Waals surface area contributed by atoms with Crippen LogP contribution in [0.15, 0.2) is 18.0 Å². The minimum absolute atomic E-state index is 0.117. The van der Waals surface area contributed by atoms with Gasteiger partial charge in [0.1, 0.15) is 11.6 Å². The summed E-state index contributed by atoms with van der Waals surface area (Å²) >= 11 is 0. The Morgan fingerprint density at radius 2 is 2.37 bits per heavy atom. The number of anilines is 1. The second-order valence-electron chi connectivity index (χ2n) is 4.39. The van der Waals surface area contributed by atoms with Crippen LogP contribution in [0.1, 0.15) is 36.3 Å². The lowest BCUT2D eigenvalue weighted by Crippen LogP contribution is -2.22. The second-order valence-corrected chi connectivity index (χ2v) is 4.39. The minimum Gasteiger partial charge on any atom is -0.462 e. The maximum atomic E-state index is 11.6. The van der Waals surface area contributed by atoms with E-state index in [2.05, 4.69) is 10.3 Å². The minimum atomic E-state index is -0.408. The molecule has 1 atom stereocenters. The van der Waals surface area contributed by atoms with Crippen molar-refractivity contribution >= 4 is 17.6 Å². The van der Waals surface area contributed by atoms with E-state index >= 15 is 0 Å². The van der Waals surface area contributed by atoms with Crippen LogP contribution in [0.5, 0.6) is 0 Å². The molecule has 0 aliphatic carbocycles. The molecule has 19 heavy (non-hydrogen) atoms. The van der Waals surface area contributed by atoms with Gasteiger partial charge in [0.25, 0.3) is 0 Å². The van der Waals surface area contributed by atoms with Gasteiger partial charge in [-0.1, -0.05) is 6.92 Å². The summed E-state index contributed by atoms with van der Waals surface area (Å²) in [5.74, 6) is 1.64. The third kappa shape index (κ3) is 2.66. The highest BCUT2D eigenvalue weighted by Crippen LogP contribution is 2.30. The van der Waals surface area contributed by atoms with Crippen LogP contribution in [0.2, 0.25) is 0 Å². The summed E-state index contributed by atoms with van der Waals surface area (Å²) in [7, 11) is 0. The van der Waals surface area contributed by atoms with Crippen molar-refractivity contribution in [2.24, 2.45) is 5.92 Å². The van der Waals surface area contributed by atoms with Crippen molar-refractivity contribution in [1.29, 1.82) is 0 Å². The van der Waals surface area contributed by atoms with Crippen molar-refractivity contribution in [1.82, 2.24) is 4.98 Å². The molecular weight excluding hydrogens is 244 g/mol. The van der Waals surface area contributed by atoms with Crippen molar-refractivity contribution in [3.8, 4) is 0 Å². The van der Waals surface area contributed by atoms with Crippen LogP contribution in [0.25, 0.3) is 0 Å². The van der Waals surface area contributed by atoms with E-state index < -0.39 is 5.97 Å². The number of aromatic nitrogens is 1. The van der Waals surface area contributed by atoms with E-state index in [1.807, 2.05) is 12.9 Å². The molecule has 0 fully saturated rings. The van der Waals surface area contributed by atoms with Crippen LogP contribution in [-0.4, -0.2) is 23.5 Å². The molecule has 0 spiro atoms. The summed E-state index contributed by atoms with van der Waals surface area (Å²) in [5.41, 5.74) is 2.46. The fraction of sp³-hybridized carbons (Fsp3) is 0.429. The molecule has 0 saturated heterocycles. The summed E-state index contributed by atoms with van der Waals surface area (Å²) in [4.78, 5) is 26.8. The Labute approximate surface area is 111 Å². The third-order valence-corrected chi connectivity index (χ3v) is 3.20. The van der Waals surface area contributed by atoms with Gasteiger partial charge in [-0.3, -0.25) is 4.98 Å². The zero-order valence-corrected chi connectivity index (χ0v) is 11.0. The Bertz CT molecular complexity index is 548. The van der Waals surface area contributed by atoms with Crippen molar-refractivity contribution in [3.63, 3.8) is 0 Å². The molecule has 1 N–H and O–H groups in total. The first-order valence-electron chi connectivity index (χ1n) is 6.37. The number of carbonyl (C=O) groups is 1. The van der Waals surface area contributed by atoms with Crippen molar-refractivity contribution in [2.45, 2.75) is 26.7 Å². The van der Waals surface area contributed by atoms with Crippen LogP contribution >= 0.6 is 0 Å². The van der Waals surface area contributed by atoms with Crippen LogP contribution in [-0.2, 0) is 16.0 Å². The van der Waals surface area contributed by atoms with Gasteiger partial charge in [-0.2, -0.15) is 0 Å². The molecule has 5 nitrogen and oxygen atoms in total. The Kier molecular flexibility index (Phi) is 3.97. The largest absolute Gasteiger partial charge is 0.462 e. The van der Waals surface area contributed by atoms with Crippen molar-refractivity contribution in [3.05, 3.63) is 29.2 Å². The third-order valence-electron chi connectivity index (χ3n) is 3.20. The van der Waals surface area contributed by atoms with Crippen LogP contribution in [0.4, 0.5) is 5.69 Å². The average molecular weight is 260 g/mol. The van der Waals surface area contributed by atoms with E-state index in [-0.39, 0.29) is 5.92 Å². The predicted octanol–water partition coefficient (Wildman–Crippen LogP) is 1.97. The average Bonchev–Trinajstić information content (AvgIpc) is 2.45. The maximum absolute atomic E-state index is 11.6. The summed E-state index contributed by atoms with van der Waals surface area (Å²) in [6, 6.07) is 1.67. The highest BCUT2D eigenvalue weighted by atomic mass is 16.5. The fourth-order valence-corrected chi connectivity index (χ4v) is 2.13. The molecule has 1 aliphatic rings. The molecule has 100 valence electrons. The smallest absolute Gasteiger partial charge is 0.339 e. The van der Waals surface area contributed by atoms with Gasteiger partial charge in [0.15, 0.2) is 0 Å². The molecule has 0 radical (unpaired) electrons. The van der Waals surface area contributed by atoms with Gasteiger partial charge in [0.2, 0.25) is 0 Å². The SMILES string of the molecule is CCOC(=O)c1cnc2c(c1)NC(=C=O)C(CC)C2. The first-order valence-corrected chi connectivity index (χ1v) is 6.37. The highest BCUT2D eigenvalue weighted by molar-refractivity contribution is 5.90. The Morgan fingerprint density at radius 1 is 1.58 bits per heavy atom. The lowest BCUT2D eigenvalue weighted by atomic mass is 9.92. The molecule has 1 aliphatic heterocycles. The van der Waals surface area contributed by atoms with E-state index in [0.29, 0.717) is 30.0 Å². The van der Waals surface area contributed by atoms with E-state index in [4.69, 9.17) is 4.74 Å². The summed E-state index contributed by atoms with van der Waals surface area (Å²) < 4.78 is 4.92. The first kappa shape index (κ1) is 13.3. The second kappa shape index (κ2) is 5.67. The molecule has 0 saturated carbocycles.